The van der Waals surface area contributed by atoms with Crippen LogP contribution in [0.1, 0.15) is 37.0 Å². The van der Waals surface area contributed by atoms with E-state index in [1.165, 1.54) is 11.3 Å². The summed E-state index contributed by atoms with van der Waals surface area (Å²) in [6.07, 6.45) is 0.672. The number of aryl methyl sites for hydroxylation is 1. The van der Waals surface area contributed by atoms with Gasteiger partial charge in [-0.05, 0) is 29.1 Å². The highest BCUT2D eigenvalue weighted by molar-refractivity contribution is 7.12. The van der Waals surface area contributed by atoms with Crippen molar-refractivity contribution in [1.82, 2.24) is 20.0 Å². The third kappa shape index (κ3) is 3.30. The molecule has 9 heteroatoms. The predicted octanol–water partition coefficient (Wildman–Crippen LogP) is 2.34. The molecule has 30 heavy (non-hydrogen) atoms. The molecule has 2 amide bonds. The molecule has 1 aromatic carbocycles. The Hall–Kier alpha value is -3.33. The SMILES string of the molecule is Cn1nc(C(=O)NCc2ccc3c(c2)OCO3)c2c1CCN(C(=O)c1cccs1)C2. The molecule has 5 rings (SSSR count). The molecule has 2 aromatic heterocycles. The lowest BCUT2D eigenvalue weighted by Crippen LogP contribution is -2.36. The molecule has 0 spiro atoms. The molecular formula is C21H20N4O4S. The lowest BCUT2D eigenvalue weighted by molar-refractivity contribution is 0.0735. The molecule has 0 atom stereocenters. The maximum atomic E-state index is 12.9. The number of carbonyl (C=O) groups is 2. The molecule has 1 N–H and O–H groups in total. The Morgan fingerprint density at radius 1 is 1.23 bits per heavy atom. The van der Waals surface area contributed by atoms with E-state index in [4.69, 9.17) is 9.47 Å². The number of benzene rings is 1. The number of nitrogens with zero attached hydrogens (tertiary/aromatic N) is 3. The van der Waals surface area contributed by atoms with E-state index in [2.05, 4.69) is 10.4 Å². The van der Waals surface area contributed by atoms with Gasteiger partial charge in [0, 0.05) is 37.8 Å². The topological polar surface area (TPSA) is 85.7 Å². The normalized spacial score (nSPS) is 14.5. The van der Waals surface area contributed by atoms with Crippen molar-refractivity contribution < 1.29 is 19.1 Å². The van der Waals surface area contributed by atoms with Gasteiger partial charge in [-0.3, -0.25) is 14.3 Å². The van der Waals surface area contributed by atoms with Gasteiger partial charge in [0.25, 0.3) is 11.8 Å². The zero-order valence-corrected chi connectivity index (χ0v) is 17.2. The summed E-state index contributed by atoms with van der Waals surface area (Å²) in [5, 5.41) is 9.26. The monoisotopic (exact) mass is 424 g/mol. The Bertz CT molecular complexity index is 1120. The molecule has 0 unspecified atom stereocenters. The van der Waals surface area contributed by atoms with Crippen molar-refractivity contribution in [1.29, 1.82) is 0 Å². The van der Waals surface area contributed by atoms with Crippen LogP contribution in [-0.4, -0.2) is 39.8 Å². The maximum Gasteiger partial charge on any atom is 0.272 e. The highest BCUT2D eigenvalue weighted by atomic mass is 32.1. The summed E-state index contributed by atoms with van der Waals surface area (Å²) in [7, 11) is 1.84. The third-order valence-corrected chi connectivity index (χ3v) is 6.22. The molecule has 154 valence electrons. The summed E-state index contributed by atoms with van der Waals surface area (Å²) < 4.78 is 12.4. The van der Waals surface area contributed by atoms with Crippen molar-refractivity contribution in [2.24, 2.45) is 7.05 Å². The van der Waals surface area contributed by atoms with Crippen LogP contribution >= 0.6 is 11.3 Å². The summed E-state index contributed by atoms with van der Waals surface area (Å²) in [6.45, 7) is 1.55. The van der Waals surface area contributed by atoms with Gasteiger partial charge >= 0.3 is 0 Å². The second-order valence-electron chi connectivity index (χ2n) is 7.22. The molecule has 0 aliphatic carbocycles. The first-order valence-electron chi connectivity index (χ1n) is 9.64. The zero-order chi connectivity index (χ0) is 20.7. The van der Waals surface area contributed by atoms with Crippen LogP contribution in [0.25, 0.3) is 0 Å². The smallest absolute Gasteiger partial charge is 0.272 e. The number of hydrogen-bond acceptors (Lipinski definition) is 6. The number of rotatable bonds is 4. The molecule has 2 aliphatic heterocycles. The van der Waals surface area contributed by atoms with Gasteiger partial charge in [0.2, 0.25) is 6.79 Å². The molecular weight excluding hydrogens is 404 g/mol. The van der Waals surface area contributed by atoms with E-state index >= 15 is 0 Å². The van der Waals surface area contributed by atoms with Crippen LogP contribution in [0.3, 0.4) is 0 Å². The van der Waals surface area contributed by atoms with E-state index in [0.717, 1.165) is 16.8 Å². The first-order valence-corrected chi connectivity index (χ1v) is 10.5. The number of amides is 2. The molecule has 0 saturated carbocycles. The Labute approximate surface area is 177 Å². The van der Waals surface area contributed by atoms with Gasteiger partial charge in [-0.2, -0.15) is 5.10 Å². The van der Waals surface area contributed by atoms with E-state index in [1.54, 1.807) is 9.58 Å². The van der Waals surface area contributed by atoms with Gasteiger partial charge in [0.15, 0.2) is 17.2 Å². The van der Waals surface area contributed by atoms with Crippen molar-refractivity contribution in [3.8, 4) is 11.5 Å². The van der Waals surface area contributed by atoms with Crippen LogP contribution in [0.5, 0.6) is 11.5 Å². The Balaban J connectivity index is 1.32. The van der Waals surface area contributed by atoms with Gasteiger partial charge in [-0.25, -0.2) is 0 Å². The van der Waals surface area contributed by atoms with Crippen molar-refractivity contribution in [2.75, 3.05) is 13.3 Å². The van der Waals surface area contributed by atoms with Gasteiger partial charge in [-0.1, -0.05) is 12.1 Å². The van der Waals surface area contributed by atoms with Crippen molar-refractivity contribution >= 4 is 23.2 Å². The Kier molecular flexibility index (Phi) is 4.66. The minimum Gasteiger partial charge on any atom is -0.454 e. The molecule has 0 saturated heterocycles. The molecule has 8 nitrogen and oxygen atoms in total. The van der Waals surface area contributed by atoms with Crippen LogP contribution < -0.4 is 14.8 Å². The number of hydrogen-bond donors (Lipinski definition) is 1. The summed E-state index contributed by atoms with van der Waals surface area (Å²) in [4.78, 5) is 28.1. The van der Waals surface area contributed by atoms with E-state index in [1.807, 2.05) is 42.8 Å². The van der Waals surface area contributed by atoms with Crippen LogP contribution in [0.4, 0.5) is 0 Å². The van der Waals surface area contributed by atoms with E-state index in [-0.39, 0.29) is 18.6 Å². The highest BCUT2D eigenvalue weighted by Gasteiger charge is 2.30. The van der Waals surface area contributed by atoms with Crippen LogP contribution in [-0.2, 0) is 26.6 Å². The fourth-order valence-corrected chi connectivity index (χ4v) is 4.51. The average molecular weight is 424 g/mol. The van der Waals surface area contributed by atoms with Crippen molar-refractivity contribution in [2.45, 2.75) is 19.5 Å². The number of nitrogens with one attached hydrogen (secondary N) is 1. The van der Waals surface area contributed by atoms with Crippen LogP contribution in [0, 0.1) is 0 Å². The lowest BCUT2D eigenvalue weighted by atomic mass is 10.0. The second kappa shape index (κ2) is 7.49. The average Bonchev–Trinajstić information content (AvgIpc) is 3.51. The molecule has 3 aromatic rings. The van der Waals surface area contributed by atoms with Gasteiger partial charge < -0.3 is 19.7 Å². The fourth-order valence-electron chi connectivity index (χ4n) is 3.82. The van der Waals surface area contributed by atoms with Gasteiger partial charge in [0.1, 0.15) is 0 Å². The fraction of sp³-hybridized carbons (Fsp3) is 0.286. The number of carbonyl (C=O) groups excluding carboxylic acids is 2. The molecule has 2 aliphatic rings. The molecule has 0 fully saturated rings. The highest BCUT2D eigenvalue weighted by Crippen LogP contribution is 2.32. The summed E-state index contributed by atoms with van der Waals surface area (Å²) >= 11 is 1.43. The Morgan fingerprint density at radius 3 is 2.93 bits per heavy atom. The van der Waals surface area contributed by atoms with Crippen LogP contribution in [0.2, 0.25) is 0 Å². The second-order valence-corrected chi connectivity index (χ2v) is 8.17. The molecule has 4 heterocycles. The number of thiophene rings is 1. The van der Waals surface area contributed by atoms with Gasteiger partial charge in [0.05, 0.1) is 11.4 Å². The standard InChI is InChI=1S/C21H20N4O4S/c1-24-15-6-7-25(21(27)18-3-2-8-30-18)11-14(15)19(23-24)20(26)22-10-13-4-5-16-17(9-13)29-12-28-16/h2-5,8-9H,6-7,10-12H2,1H3,(H,22,26). The first kappa shape index (κ1) is 18.7. The van der Waals surface area contributed by atoms with Gasteiger partial charge in [-0.15, -0.1) is 11.3 Å². The quantitative estimate of drug-likeness (QED) is 0.695. The minimum atomic E-state index is -0.255. The maximum absolute atomic E-state index is 12.9. The number of fused-ring (bicyclic) bond motifs is 2. The van der Waals surface area contributed by atoms with E-state index in [9.17, 15) is 9.59 Å². The summed E-state index contributed by atoms with van der Waals surface area (Å²) in [5.41, 5.74) is 3.10. The molecule has 0 radical (unpaired) electrons. The number of aromatic nitrogens is 2. The summed E-state index contributed by atoms with van der Waals surface area (Å²) in [5.74, 6) is 1.13. The zero-order valence-electron chi connectivity index (χ0n) is 16.4. The first-order chi connectivity index (χ1) is 14.6. The minimum absolute atomic E-state index is 0.00813. The van der Waals surface area contributed by atoms with Crippen LogP contribution in [0.15, 0.2) is 35.7 Å². The molecule has 0 bridgehead atoms. The van der Waals surface area contributed by atoms with E-state index < -0.39 is 0 Å². The van der Waals surface area contributed by atoms with Crippen molar-refractivity contribution in [3.63, 3.8) is 0 Å². The number of ether oxygens (including phenoxy) is 2. The lowest BCUT2D eigenvalue weighted by Gasteiger charge is -2.27. The largest absolute Gasteiger partial charge is 0.454 e. The van der Waals surface area contributed by atoms with Crippen molar-refractivity contribution in [3.05, 3.63) is 63.1 Å². The summed E-state index contributed by atoms with van der Waals surface area (Å²) in [6, 6.07) is 9.28. The third-order valence-electron chi connectivity index (χ3n) is 5.37. The van der Waals surface area contributed by atoms with E-state index in [0.29, 0.717) is 48.1 Å². The predicted molar refractivity (Wildman–Crippen MR) is 110 cm³/mol. The Morgan fingerprint density at radius 2 is 2.10 bits per heavy atom.